The van der Waals surface area contributed by atoms with Crippen LogP contribution in [0.5, 0.6) is 0 Å². The molecule has 1 unspecified atom stereocenters. The molecule has 1 atom stereocenters. The molecule has 27 heavy (non-hydrogen) atoms. The van der Waals surface area contributed by atoms with E-state index in [1.807, 2.05) is 6.07 Å². The Bertz CT molecular complexity index is 993. The quantitative estimate of drug-likeness (QED) is 0.707. The van der Waals surface area contributed by atoms with Gasteiger partial charge in [0, 0.05) is 30.8 Å². The van der Waals surface area contributed by atoms with Crippen LogP contribution in [-0.4, -0.2) is 37.3 Å². The maximum atomic E-state index is 13.4. The molecule has 3 aromatic rings. The Hall–Kier alpha value is -3.03. The van der Waals surface area contributed by atoms with Crippen molar-refractivity contribution in [3.05, 3.63) is 59.8 Å². The summed E-state index contributed by atoms with van der Waals surface area (Å²) in [6.07, 6.45) is 8.33. The van der Waals surface area contributed by atoms with Gasteiger partial charge in [0.1, 0.15) is 17.3 Å². The zero-order valence-corrected chi connectivity index (χ0v) is 14.6. The highest BCUT2D eigenvalue weighted by atomic mass is 19.1. The van der Waals surface area contributed by atoms with Crippen molar-refractivity contribution in [3.8, 4) is 5.69 Å². The number of carbonyl (C=O) groups is 1. The van der Waals surface area contributed by atoms with Crippen molar-refractivity contribution in [2.75, 3.05) is 6.54 Å². The molecule has 1 aliphatic carbocycles. The first-order chi connectivity index (χ1) is 13.2. The van der Waals surface area contributed by atoms with Crippen molar-refractivity contribution in [2.45, 2.75) is 37.6 Å². The molecule has 0 spiro atoms. The summed E-state index contributed by atoms with van der Waals surface area (Å²) >= 11 is 0. The maximum absolute atomic E-state index is 13.4. The van der Waals surface area contributed by atoms with Gasteiger partial charge in [0.05, 0.1) is 24.1 Å². The highest BCUT2D eigenvalue weighted by Gasteiger charge is 2.35. The minimum absolute atomic E-state index is 0.0882. The largest absolute Gasteiger partial charge is 0.361 e. The Morgan fingerprint density at radius 2 is 2.11 bits per heavy atom. The molecule has 3 aromatic heterocycles. The molecule has 1 aliphatic heterocycles. The number of rotatable bonds is 4. The predicted molar refractivity (Wildman–Crippen MR) is 92.8 cm³/mol. The number of nitrogens with zero attached hydrogens (tertiary/aromatic N) is 5. The smallest absolute Gasteiger partial charge is 0.274 e. The first-order valence-electron chi connectivity index (χ1n) is 9.13. The van der Waals surface area contributed by atoms with E-state index in [1.165, 1.54) is 16.9 Å². The Labute approximate surface area is 154 Å². The normalized spacial score (nSPS) is 19.6. The van der Waals surface area contributed by atoms with Crippen molar-refractivity contribution >= 4 is 5.91 Å². The van der Waals surface area contributed by atoms with Gasteiger partial charge in [0.25, 0.3) is 5.91 Å². The number of aromatic nitrogens is 4. The minimum Gasteiger partial charge on any atom is -0.361 e. The molecule has 0 radical (unpaired) electrons. The lowest BCUT2D eigenvalue weighted by Gasteiger charge is -2.21. The fourth-order valence-electron chi connectivity index (χ4n) is 3.59. The Kier molecular flexibility index (Phi) is 3.77. The molecule has 1 saturated carbocycles. The average Bonchev–Trinajstić information content (AvgIpc) is 3.09. The van der Waals surface area contributed by atoms with Crippen molar-refractivity contribution < 1.29 is 13.7 Å². The van der Waals surface area contributed by atoms with Gasteiger partial charge >= 0.3 is 0 Å². The van der Waals surface area contributed by atoms with E-state index in [-0.39, 0.29) is 11.9 Å². The van der Waals surface area contributed by atoms with Crippen molar-refractivity contribution in [3.63, 3.8) is 0 Å². The van der Waals surface area contributed by atoms with Crippen molar-refractivity contribution in [1.29, 1.82) is 0 Å². The van der Waals surface area contributed by atoms with Crippen LogP contribution in [0, 0.1) is 5.82 Å². The third-order valence-corrected chi connectivity index (χ3v) is 5.14. The number of hydrogen-bond acceptors (Lipinski definition) is 5. The van der Waals surface area contributed by atoms with E-state index < -0.39 is 5.82 Å². The molecule has 1 saturated heterocycles. The topological polar surface area (TPSA) is 77.0 Å². The molecular weight excluding hydrogens is 349 g/mol. The molecule has 4 heterocycles. The maximum Gasteiger partial charge on any atom is 0.274 e. The molecule has 0 bridgehead atoms. The monoisotopic (exact) mass is 367 g/mol. The highest BCUT2D eigenvalue weighted by molar-refractivity contribution is 5.92. The standard InChI is InChI=1S/C19H18FN5O2/c20-13-8-14(11-21-10-13)25-7-5-15(22-25)19(26)24-6-1-2-17(24)16-9-18(27-23-16)12-3-4-12/h5,7-12,17H,1-4,6H2. The molecule has 8 heteroatoms. The highest BCUT2D eigenvalue weighted by Crippen LogP contribution is 2.42. The molecule has 7 nitrogen and oxygen atoms in total. The van der Waals surface area contributed by atoms with Gasteiger partial charge in [-0.2, -0.15) is 5.10 Å². The first kappa shape index (κ1) is 16.2. The summed E-state index contributed by atoms with van der Waals surface area (Å²) in [5.74, 6) is 0.809. The van der Waals surface area contributed by atoms with Gasteiger partial charge in [0.15, 0.2) is 5.69 Å². The van der Waals surface area contributed by atoms with E-state index in [1.54, 1.807) is 17.2 Å². The second-order valence-electron chi connectivity index (χ2n) is 7.09. The van der Waals surface area contributed by atoms with E-state index in [0.717, 1.165) is 43.3 Å². The van der Waals surface area contributed by atoms with Crippen LogP contribution in [0.3, 0.4) is 0 Å². The van der Waals surface area contributed by atoms with E-state index in [2.05, 4.69) is 15.2 Å². The zero-order chi connectivity index (χ0) is 18.4. The SMILES string of the molecule is O=C(c1ccn(-c2cncc(F)c2)n1)N1CCCC1c1cc(C2CC2)on1. The Balaban J connectivity index is 1.38. The number of likely N-dealkylation sites (tertiary alicyclic amines) is 1. The molecule has 2 aliphatic rings. The molecule has 0 aromatic carbocycles. The van der Waals surface area contributed by atoms with Crippen LogP contribution in [0.15, 0.2) is 41.3 Å². The summed E-state index contributed by atoms with van der Waals surface area (Å²) < 4.78 is 20.3. The summed E-state index contributed by atoms with van der Waals surface area (Å²) in [6.45, 7) is 0.656. The molecular formula is C19H18FN5O2. The zero-order valence-electron chi connectivity index (χ0n) is 14.6. The average molecular weight is 367 g/mol. The van der Waals surface area contributed by atoms with Crippen LogP contribution in [0.2, 0.25) is 0 Å². The fourth-order valence-corrected chi connectivity index (χ4v) is 3.59. The van der Waals surface area contributed by atoms with E-state index in [0.29, 0.717) is 23.8 Å². The molecule has 2 fully saturated rings. The first-order valence-corrected chi connectivity index (χ1v) is 9.13. The molecule has 0 N–H and O–H groups in total. The van der Waals surface area contributed by atoms with E-state index >= 15 is 0 Å². The number of halogens is 1. The summed E-state index contributed by atoms with van der Waals surface area (Å²) in [7, 11) is 0. The number of pyridine rings is 1. The lowest BCUT2D eigenvalue weighted by Crippen LogP contribution is -2.31. The summed E-state index contributed by atoms with van der Waals surface area (Å²) in [4.78, 5) is 18.6. The predicted octanol–water partition coefficient (Wildman–Crippen LogP) is 3.25. The second kappa shape index (κ2) is 6.29. The lowest BCUT2D eigenvalue weighted by molar-refractivity contribution is 0.0724. The lowest BCUT2D eigenvalue weighted by atomic mass is 10.1. The van der Waals surface area contributed by atoms with Crippen LogP contribution in [-0.2, 0) is 0 Å². The molecule has 1 amide bonds. The van der Waals surface area contributed by atoms with Crippen molar-refractivity contribution in [1.82, 2.24) is 24.8 Å². The van der Waals surface area contributed by atoms with Gasteiger partial charge < -0.3 is 9.42 Å². The summed E-state index contributed by atoms with van der Waals surface area (Å²) in [6, 6.07) is 4.86. The van der Waals surface area contributed by atoms with Crippen LogP contribution in [0.1, 0.15) is 59.6 Å². The van der Waals surface area contributed by atoms with Crippen LogP contribution in [0.25, 0.3) is 5.69 Å². The number of carbonyl (C=O) groups excluding carboxylic acids is 1. The van der Waals surface area contributed by atoms with Gasteiger partial charge in [0.2, 0.25) is 0 Å². The van der Waals surface area contributed by atoms with Crippen LogP contribution < -0.4 is 0 Å². The Morgan fingerprint density at radius 1 is 1.22 bits per heavy atom. The number of amides is 1. The van der Waals surface area contributed by atoms with E-state index in [4.69, 9.17) is 4.52 Å². The van der Waals surface area contributed by atoms with Crippen molar-refractivity contribution in [2.24, 2.45) is 0 Å². The summed E-state index contributed by atoms with van der Waals surface area (Å²) in [5, 5.41) is 8.52. The number of hydrogen-bond donors (Lipinski definition) is 0. The van der Waals surface area contributed by atoms with Gasteiger partial charge in [-0.05, 0) is 31.7 Å². The molecule has 5 rings (SSSR count). The minimum atomic E-state index is -0.451. The summed E-state index contributed by atoms with van der Waals surface area (Å²) in [5.41, 5.74) is 1.60. The van der Waals surface area contributed by atoms with Gasteiger partial charge in [-0.25, -0.2) is 9.07 Å². The van der Waals surface area contributed by atoms with Gasteiger partial charge in [-0.1, -0.05) is 5.16 Å². The van der Waals surface area contributed by atoms with Crippen LogP contribution >= 0.6 is 0 Å². The second-order valence-corrected chi connectivity index (χ2v) is 7.09. The third-order valence-electron chi connectivity index (χ3n) is 5.14. The fraction of sp³-hybridized carbons (Fsp3) is 0.368. The van der Waals surface area contributed by atoms with Crippen LogP contribution in [0.4, 0.5) is 4.39 Å². The van der Waals surface area contributed by atoms with Gasteiger partial charge in [-0.3, -0.25) is 9.78 Å². The van der Waals surface area contributed by atoms with E-state index in [9.17, 15) is 9.18 Å². The Morgan fingerprint density at radius 3 is 2.93 bits per heavy atom. The molecule has 138 valence electrons. The third kappa shape index (κ3) is 3.01. The van der Waals surface area contributed by atoms with Gasteiger partial charge in [-0.15, -0.1) is 0 Å².